The van der Waals surface area contributed by atoms with Gasteiger partial charge >= 0.3 is 0 Å². The topological polar surface area (TPSA) is 45.8 Å². The molecule has 76 valence electrons. The highest BCUT2D eigenvalue weighted by Gasteiger charge is 2.23. The quantitative estimate of drug-likeness (QED) is 0.766. The summed E-state index contributed by atoms with van der Waals surface area (Å²) in [6.45, 7) is 0. The van der Waals surface area contributed by atoms with Gasteiger partial charge in [-0.3, -0.25) is 9.31 Å². The van der Waals surface area contributed by atoms with Gasteiger partial charge in [0.05, 0.1) is 28.4 Å². The molecule has 1 atom stereocenters. The standard InChI is InChI=1S/C10H7ClN2OS/c11-7-1-2-8-9(3-7)15(14)5-6-4-12-13-10(6)8/h1-4H,5H2,(H,12,13). The number of nitrogens with zero attached hydrogens (tertiary/aromatic N) is 1. The first kappa shape index (κ1) is 9.12. The van der Waals surface area contributed by atoms with E-state index in [1.165, 1.54) is 0 Å². The lowest BCUT2D eigenvalue weighted by molar-refractivity contribution is 0.682. The van der Waals surface area contributed by atoms with E-state index < -0.39 is 10.8 Å². The molecule has 2 aromatic rings. The molecule has 0 bridgehead atoms. The summed E-state index contributed by atoms with van der Waals surface area (Å²) in [5, 5.41) is 7.51. The van der Waals surface area contributed by atoms with Crippen LogP contribution in [0.2, 0.25) is 5.02 Å². The normalized spacial score (nSPS) is 18.3. The zero-order valence-corrected chi connectivity index (χ0v) is 9.23. The maximum absolute atomic E-state index is 11.9. The van der Waals surface area contributed by atoms with Gasteiger partial charge in [-0.2, -0.15) is 5.10 Å². The molecule has 1 aromatic carbocycles. The summed E-state index contributed by atoms with van der Waals surface area (Å²) in [7, 11) is -1.01. The zero-order chi connectivity index (χ0) is 10.4. The van der Waals surface area contributed by atoms with Crippen molar-refractivity contribution >= 4 is 22.4 Å². The molecule has 0 amide bonds. The van der Waals surface area contributed by atoms with Crippen molar-refractivity contribution in [3.8, 4) is 11.3 Å². The predicted octanol–water partition coefficient (Wildman–Crippen LogP) is 2.35. The van der Waals surface area contributed by atoms with Gasteiger partial charge in [0.2, 0.25) is 0 Å². The number of hydrogen-bond acceptors (Lipinski definition) is 2. The number of aromatic amines is 1. The lowest BCUT2D eigenvalue weighted by atomic mass is 10.1. The van der Waals surface area contributed by atoms with Crippen LogP contribution in [0.1, 0.15) is 5.56 Å². The minimum Gasteiger partial charge on any atom is -0.277 e. The Hall–Kier alpha value is -1.13. The fraction of sp³-hybridized carbons (Fsp3) is 0.100. The molecule has 0 spiro atoms. The molecular weight excluding hydrogens is 232 g/mol. The average Bonchev–Trinajstić information content (AvgIpc) is 2.66. The molecule has 5 heteroatoms. The molecule has 2 heterocycles. The Bertz CT molecular complexity index is 564. The monoisotopic (exact) mass is 238 g/mol. The summed E-state index contributed by atoms with van der Waals surface area (Å²) in [6, 6.07) is 5.44. The zero-order valence-electron chi connectivity index (χ0n) is 7.66. The van der Waals surface area contributed by atoms with Crippen LogP contribution in [-0.4, -0.2) is 14.4 Å². The van der Waals surface area contributed by atoms with Crippen LogP contribution in [0, 0.1) is 0 Å². The van der Waals surface area contributed by atoms with E-state index >= 15 is 0 Å². The number of H-pyrrole nitrogens is 1. The van der Waals surface area contributed by atoms with E-state index in [-0.39, 0.29) is 0 Å². The van der Waals surface area contributed by atoms with E-state index in [9.17, 15) is 4.21 Å². The molecule has 1 unspecified atom stereocenters. The maximum Gasteiger partial charge on any atom is 0.0703 e. The number of halogens is 1. The Morgan fingerprint density at radius 2 is 2.33 bits per heavy atom. The maximum atomic E-state index is 11.9. The summed E-state index contributed by atoms with van der Waals surface area (Å²) in [6.07, 6.45) is 1.73. The summed E-state index contributed by atoms with van der Waals surface area (Å²) in [5.74, 6) is 0.513. The molecule has 1 aliphatic heterocycles. The van der Waals surface area contributed by atoms with Crippen LogP contribution in [-0.2, 0) is 16.6 Å². The fourth-order valence-electron chi connectivity index (χ4n) is 1.76. The summed E-state index contributed by atoms with van der Waals surface area (Å²) >= 11 is 5.88. The van der Waals surface area contributed by atoms with Crippen molar-refractivity contribution < 1.29 is 4.21 Å². The molecule has 3 nitrogen and oxygen atoms in total. The molecule has 0 fully saturated rings. The van der Waals surface area contributed by atoms with Gasteiger partial charge in [-0.25, -0.2) is 0 Å². The molecule has 0 radical (unpaired) electrons. The predicted molar refractivity (Wildman–Crippen MR) is 59.1 cm³/mol. The van der Waals surface area contributed by atoms with Crippen LogP contribution in [0.25, 0.3) is 11.3 Å². The molecule has 1 aliphatic rings. The molecule has 15 heavy (non-hydrogen) atoms. The van der Waals surface area contributed by atoms with Crippen LogP contribution in [0.5, 0.6) is 0 Å². The van der Waals surface area contributed by atoms with Gasteiger partial charge in [-0.05, 0) is 12.1 Å². The smallest absolute Gasteiger partial charge is 0.0703 e. The summed E-state index contributed by atoms with van der Waals surface area (Å²) in [4.78, 5) is 0.791. The van der Waals surface area contributed by atoms with Crippen molar-refractivity contribution in [2.45, 2.75) is 10.6 Å². The Kier molecular flexibility index (Phi) is 1.94. The van der Waals surface area contributed by atoms with Crippen LogP contribution in [0.3, 0.4) is 0 Å². The highest BCUT2D eigenvalue weighted by molar-refractivity contribution is 7.84. The van der Waals surface area contributed by atoms with Crippen molar-refractivity contribution in [3.63, 3.8) is 0 Å². The highest BCUT2D eigenvalue weighted by atomic mass is 35.5. The molecule has 0 saturated carbocycles. The molecule has 0 aliphatic carbocycles. The Morgan fingerprint density at radius 1 is 1.47 bits per heavy atom. The van der Waals surface area contributed by atoms with E-state index in [1.54, 1.807) is 18.3 Å². The molecular formula is C10H7ClN2OS. The van der Waals surface area contributed by atoms with Crippen molar-refractivity contribution in [1.29, 1.82) is 0 Å². The second-order valence-corrected chi connectivity index (χ2v) is 5.26. The van der Waals surface area contributed by atoms with Crippen molar-refractivity contribution in [2.75, 3.05) is 0 Å². The van der Waals surface area contributed by atoms with E-state index in [0.717, 1.165) is 21.7 Å². The average molecular weight is 239 g/mol. The van der Waals surface area contributed by atoms with Crippen LogP contribution < -0.4 is 0 Å². The minimum absolute atomic E-state index is 0.513. The molecule has 3 rings (SSSR count). The Morgan fingerprint density at radius 3 is 3.20 bits per heavy atom. The molecule has 1 aromatic heterocycles. The first-order chi connectivity index (χ1) is 7.25. The molecule has 0 saturated heterocycles. The van der Waals surface area contributed by atoms with E-state index in [4.69, 9.17) is 11.6 Å². The third-order valence-corrected chi connectivity index (χ3v) is 4.10. The summed E-state index contributed by atoms with van der Waals surface area (Å²) < 4.78 is 11.9. The first-order valence-electron chi connectivity index (χ1n) is 4.46. The van der Waals surface area contributed by atoms with Gasteiger partial charge in [0.1, 0.15) is 0 Å². The van der Waals surface area contributed by atoms with Gasteiger partial charge < -0.3 is 0 Å². The number of nitrogens with one attached hydrogen (secondary N) is 1. The van der Waals surface area contributed by atoms with Crippen molar-refractivity contribution in [3.05, 3.63) is 35.0 Å². The van der Waals surface area contributed by atoms with Crippen molar-refractivity contribution in [2.24, 2.45) is 0 Å². The second-order valence-electron chi connectivity index (χ2n) is 3.40. The van der Waals surface area contributed by atoms with E-state index in [0.29, 0.717) is 10.8 Å². The first-order valence-corrected chi connectivity index (χ1v) is 6.16. The number of benzene rings is 1. The number of fused-ring (bicyclic) bond motifs is 3. The van der Waals surface area contributed by atoms with Gasteiger partial charge in [0.25, 0.3) is 0 Å². The number of rotatable bonds is 0. The third-order valence-electron chi connectivity index (χ3n) is 2.46. The van der Waals surface area contributed by atoms with Crippen LogP contribution in [0.15, 0.2) is 29.3 Å². The Labute approximate surface area is 93.9 Å². The third kappa shape index (κ3) is 1.33. The fourth-order valence-corrected chi connectivity index (χ4v) is 3.33. The number of hydrogen-bond donors (Lipinski definition) is 1. The lowest BCUT2D eigenvalue weighted by Gasteiger charge is -2.14. The van der Waals surface area contributed by atoms with Gasteiger partial charge in [0, 0.05) is 21.0 Å². The van der Waals surface area contributed by atoms with Gasteiger partial charge in [0.15, 0.2) is 0 Å². The van der Waals surface area contributed by atoms with E-state index in [1.807, 2.05) is 6.07 Å². The van der Waals surface area contributed by atoms with Gasteiger partial charge in [-0.15, -0.1) is 0 Å². The molecule has 1 N–H and O–H groups in total. The minimum atomic E-state index is -1.01. The summed E-state index contributed by atoms with van der Waals surface area (Å²) in [5.41, 5.74) is 2.90. The highest BCUT2D eigenvalue weighted by Crippen LogP contribution is 2.35. The Balaban J connectivity index is 2.33. The van der Waals surface area contributed by atoms with Crippen molar-refractivity contribution in [1.82, 2.24) is 10.2 Å². The number of aromatic nitrogens is 2. The SMILES string of the molecule is O=S1Cc2cn[nH]c2-c2ccc(Cl)cc21. The van der Waals surface area contributed by atoms with Crippen LogP contribution >= 0.6 is 11.6 Å². The van der Waals surface area contributed by atoms with E-state index in [2.05, 4.69) is 10.2 Å². The van der Waals surface area contributed by atoms with Gasteiger partial charge in [-0.1, -0.05) is 17.7 Å². The second kappa shape index (κ2) is 3.18. The van der Waals surface area contributed by atoms with Crippen LogP contribution in [0.4, 0.5) is 0 Å². The lowest BCUT2D eigenvalue weighted by Crippen LogP contribution is -2.05. The largest absolute Gasteiger partial charge is 0.277 e.